The van der Waals surface area contributed by atoms with E-state index in [1.165, 1.54) is 5.56 Å². The first-order chi connectivity index (χ1) is 17.3. The largest absolute Gasteiger partial charge is 1.00 e. The molecule has 3 N–H and O–H groups in total. The van der Waals surface area contributed by atoms with E-state index in [0.29, 0.717) is 11.4 Å². The van der Waals surface area contributed by atoms with Crippen LogP contribution in [0.3, 0.4) is 0 Å². The number of likely N-dealkylation sites (N-methyl/N-ethyl adjacent to an activating group) is 1. The summed E-state index contributed by atoms with van der Waals surface area (Å²) in [5, 5.41) is 8.09. The van der Waals surface area contributed by atoms with E-state index in [4.69, 9.17) is 11.1 Å². The minimum Gasteiger partial charge on any atom is -0.399 e. The second kappa shape index (κ2) is 20.3. The van der Waals surface area contributed by atoms with E-state index in [1.54, 1.807) is 24.3 Å². The van der Waals surface area contributed by atoms with Crippen molar-refractivity contribution in [2.75, 3.05) is 39.0 Å². The van der Waals surface area contributed by atoms with Gasteiger partial charge in [-0.3, -0.25) is 4.79 Å². The topological polar surface area (TPSA) is 73.4 Å². The van der Waals surface area contributed by atoms with Crippen LogP contribution in [0.1, 0.15) is 35.3 Å². The van der Waals surface area contributed by atoms with Gasteiger partial charge in [-0.25, -0.2) is 0 Å². The number of allylic oxidation sites excluding steroid dienone is 5. The van der Waals surface area contributed by atoms with Crippen LogP contribution in [-0.2, 0) is 0 Å². The van der Waals surface area contributed by atoms with Crippen LogP contribution in [0.25, 0.3) is 0 Å². The Hall–Kier alpha value is -1.71. The Morgan fingerprint density at radius 3 is 2.30 bits per heavy atom. The van der Waals surface area contributed by atoms with E-state index in [2.05, 4.69) is 48.2 Å². The number of thiol groups is 1. The standard InChI is InChI=1S/C20H24N4S.C8H8O.C2H6.K/c1-16(24-13-11-23(2)12-14-24)18(21)8-6-4-3-5-7-17-9-10-19(22)20(25)15-17;1-7-2-4-8(6-9)5-3-7;1-2;/h3-5,8-10,15,21,25H,1,11-14,22H2,2H3;2-6H,1H3;1-2H3;/q-2;;;+1/b4-3-,21-18?;;;. The molecule has 0 aromatic heterocycles. The summed E-state index contributed by atoms with van der Waals surface area (Å²) in [6, 6.07) is 13.0. The van der Waals surface area contributed by atoms with Gasteiger partial charge in [0.1, 0.15) is 6.29 Å². The van der Waals surface area contributed by atoms with Crippen molar-refractivity contribution >= 4 is 30.3 Å². The summed E-state index contributed by atoms with van der Waals surface area (Å²) in [6.45, 7) is 13.8. The van der Waals surface area contributed by atoms with Crippen LogP contribution in [-0.4, -0.2) is 55.0 Å². The van der Waals surface area contributed by atoms with Crippen LogP contribution in [0.15, 0.2) is 83.9 Å². The molecule has 1 aliphatic heterocycles. The molecule has 37 heavy (non-hydrogen) atoms. The third kappa shape index (κ3) is 14.1. The first-order valence-corrected chi connectivity index (χ1v) is 12.4. The maximum atomic E-state index is 10.1. The van der Waals surface area contributed by atoms with Crippen molar-refractivity contribution in [2.24, 2.45) is 0 Å². The number of nitrogens with one attached hydrogen (secondary N) is 1. The van der Waals surface area contributed by atoms with Gasteiger partial charge in [-0.05, 0) is 30.3 Å². The molecule has 0 saturated carbocycles. The Balaban J connectivity index is 0.000000906. The number of benzene rings is 2. The van der Waals surface area contributed by atoms with E-state index in [0.717, 1.165) is 54.2 Å². The Morgan fingerprint density at radius 1 is 1.11 bits per heavy atom. The summed E-state index contributed by atoms with van der Waals surface area (Å²) >= 11 is 4.28. The van der Waals surface area contributed by atoms with E-state index in [-0.39, 0.29) is 51.4 Å². The molecule has 0 bridgehead atoms. The number of piperazine rings is 1. The first-order valence-electron chi connectivity index (χ1n) is 12.0. The Labute approximate surface area is 271 Å². The van der Waals surface area contributed by atoms with Gasteiger partial charge in [0.25, 0.3) is 0 Å². The number of carbonyl (C=O) groups is 1. The molecule has 2 aromatic rings. The molecule has 0 unspecified atom stereocenters. The van der Waals surface area contributed by atoms with Gasteiger partial charge in [-0.15, -0.1) is 42.0 Å². The minimum absolute atomic E-state index is 0. The van der Waals surface area contributed by atoms with Crippen molar-refractivity contribution in [1.29, 1.82) is 5.41 Å². The number of carbonyl (C=O) groups excluding carboxylic acids is 1. The number of nitrogens with zero attached hydrogens (tertiary/aromatic N) is 2. The SMILES string of the molecule is C=C(C(=N)C=[C-]/C=C\C=[C-]c1ccc(N)c(S)c1)N1CCN(C)CC1.CC.Cc1ccc(C=O)cc1.[K+]. The molecule has 1 fully saturated rings. The fourth-order valence-corrected chi connectivity index (χ4v) is 3.20. The fourth-order valence-electron chi connectivity index (χ4n) is 2.99. The number of rotatable bonds is 7. The predicted molar refractivity (Wildman–Crippen MR) is 156 cm³/mol. The molecule has 1 saturated heterocycles. The summed E-state index contributed by atoms with van der Waals surface area (Å²) in [6.07, 6.45) is 14.0. The molecule has 0 aliphatic carbocycles. The zero-order valence-corrected chi connectivity index (χ0v) is 26.8. The van der Waals surface area contributed by atoms with Crippen molar-refractivity contribution in [3.63, 3.8) is 0 Å². The maximum absolute atomic E-state index is 10.1. The van der Waals surface area contributed by atoms with Gasteiger partial charge in [0.15, 0.2) is 0 Å². The van der Waals surface area contributed by atoms with Crippen LogP contribution in [0.4, 0.5) is 5.69 Å². The average molecular weight is 542 g/mol. The quantitative estimate of drug-likeness (QED) is 0.0959. The van der Waals surface area contributed by atoms with Crippen LogP contribution in [0, 0.1) is 24.5 Å². The normalized spacial score (nSPS) is 13.4. The Bertz CT molecular complexity index is 1070. The van der Waals surface area contributed by atoms with Gasteiger partial charge in [-0.2, -0.15) is 24.8 Å². The smallest absolute Gasteiger partial charge is 0.399 e. The van der Waals surface area contributed by atoms with Crippen LogP contribution < -0.4 is 57.1 Å². The zero-order valence-electron chi connectivity index (χ0n) is 22.8. The first kappa shape index (κ1) is 35.3. The molecule has 0 spiro atoms. The number of hydrogen-bond acceptors (Lipinski definition) is 6. The van der Waals surface area contributed by atoms with E-state index in [1.807, 2.05) is 63.2 Å². The Morgan fingerprint density at radius 2 is 1.73 bits per heavy atom. The zero-order chi connectivity index (χ0) is 26.9. The van der Waals surface area contributed by atoms with Gasteiger partial charge >= 0.3 is 51.4 Å². The van der Waals surface area contributed by atoms with E-state index < -0.39 is 0 Å². The van der Waals surface area contributed by atoms with Gasteiger partial charge in [0.05, 0.1) is 0 Å². The summed E-state index contributed by atoms with van der Waals surface area (Å²) in [5.74, 6) is 0. The number of anilines is 1. The van der Waals surface area contributed by atoms with Gasteiger partial charge in [-0.1, -0.05) is 56.3 Å². The molecule has 1 heterocycles. The molecule has 1 aliphatic rings. The second-order valence-electron chi connectivity index (χ2n) is 7.93. The van der Waals surface area contributed by atoms with Crippen molar-refractivity contribution in [1.82, 2.24) is 9.80 Å². The fraction of sp³-hybridized carbons (Fsp3) is 0.267. The minimum atomic E-state index is 0. The molecular formula is C30H38KN4OS-. The van der Waals surface area contributed by atoms with Crippen molar-refractivity contribution in [2.45, 2.75) is 25.7 Å². The molecule has 0 atom stereocenters. The predicted octanol–water partition coefficient (Wildman–Crippen LogP) is 2.80. The van der Waals surface area contributed by atoms with E-state index in [9.17, 15) is 4.79 Å². The molecular weight excluding hydrogens is 504 g/mol. The number of hydrogen-bond donors (Lipinski definition) is 3. The second-order valence-corrected chi connectivity index (χ2v) is 8.42. The number of nitrogens with two attached hydrogens (primary N) is 1. The van der Waals surface area contributed by atoms with Gasteiger partial charge in [0.2, 0.25) is 0 Å². The molecule has 5 nitrogen and oxygen atoms in total. The van der Waals surface area contributed by atoms with Crippen LogP contribution in [0.2, 0.25) is 0 Å². The van der Waals surface area contributed by atoms with Gasteiger partial charge < -0.3 is 20.9 Å². The van der Waals surface area contributed by atoms with Crippen LogP contribution in [0.5, 0.6) is 0 Å². The van der Waals surface area contributed by atoms with Crippen molar-refractivity contribution in [3.05, 3.63) is 108 Å². The van der Waals surface area contributed by atoms with Crippen molar-refractivity contribution < 1.29 is 56.2 Å². The number of nitrogen functional groups attached to an aromatic ring is 1. The molecule has 2 aromatic carbocycles. The number of aryl methyl sites for hydroxylation is 1. The summed E-state index contributed by atoms with van der Waals surface area (Å²) < 4.78 is 0. The molecule has 0 radical (unpaired) electrons. The Kier molecular flexibility index (Phi) is 19.3. The molecule has 3 rings (SSSR count). The van der Waals surface area contributed by atoms with Crippen molar-refractivity contribution in [3.8, 4) is 0 Å². The van der Waals surface area contributed by atoms with Crippen LogP contribution >= 0.6 is 12.6 Å². The monoisotopic (exact) mass is 541 g/mol. The summed E-state index contributed by atoms with van der Waals surface area (Å²) in [4.78, 5) is 15.3. The third-order valence-corrected chi connectivity index (χ3v) is 5.59. The molecule has 0 amide bonds. The van der Waals surface area contributed by atoms with Gasteiger partial charge in [0, 0.05) is 37.4 Å². The number of aldehydes is 1. The third-order valence-electron chi connectivity index (χ3n) is 5.21. The molecule has 192 valence electrons. The van der Waals surface area contributed by atoms with E-state index >= 15 is 0 Å². The summed E-state index contributed by atoms with van der Waals surface area (Å²) in [7, 11) is 2.11. The average Bonchev–Trinajstić information content (AvgIpc) is 2.90. The maximum Gasteiger partial charge on any atom is 1.00 e. The molecule has 7 heteroatoms. The summed E-state index contributed by atoms with van der Waals surface area (Å²) in [5.41, 5.74) is 10.3.